The summed E-state index contributed by atoms with van der Waals surface area (Å²) in [6.07, 6.45) is 2.54. The van der Waals surface area contributed by atoms with Gasteiger partial charge in [0.05, 0.1) is 0 Å². The normalized spacial score (nSPS) is 11.4. The molecule has 3 aromatic rings. The quantitative estimate of drug-likeness (QED) is 0.305. The van der Waals surface area contributed by atoms with Crippen molar-refractivity contribution in [1.29, 1.82) is 5.26 Å². The van der Waals surface area contributed by atoms with Crippen LogP contribution in [0, 0.1) is 25.2 Å². The van der Waals surface area contributed by atoms with Crippen molar-refractivity contribution >= 4 is 23.6 Å². The van der Waals surface area contributed by atoms with Crippen LogP contribution in [0.5, 0.6) is 0 Å². The molecular weight excluding hydrogens is 404 g/mol. The van der Waals surface area contributed by atoms with Gasteiger partial charge >= 0.3 is 5.97 Å². The molecule has 0 fully saturated rings. The minimum atomic E-state index is -0.750. The second kappa shape index (κ2) is 9.42. The molecule has 0 amide bonds. The number of aromatic nitrogens is 3. The molecule has 0 saturated carbocycles. The maximum Gasteiger partial charge on any atom is 0.349 e. The van der Waals surface area contributed by atoms with E-state index in [4.69, 9.17) is 20.9 Å². The van der Waals surface area contributed by atoms with Crippen LogP contribution < -0.4 is 0 Å². The lowest BCUT2D eigenvalue weighted by Crippen LogP contribution is -2.07. The predicted molar refractivity (Wildman–Crippen MR) is 112 cm³/mol. The number of benzene rings is 1. The molecule has 1 aromatic carbocycles. The lowest BCUT2D eigenvalue weighted by Gasteiger charge is -2.07. The first-order valence-corrected chi connectivity index (χ1v) is 9.85. The minimum absolute atomic E-state index is 0.0960. The fourth-order valence-corrected chi connectivity index (χ4v) is 3.29. The van der Waals surface area contributed by atoms with Crippen molar-refractivity contribution in [2.75, 3.05) is 0 Å². The van der Waals surface area contributed by atoms with E-state index in [1.807, 2.05) is 26.0 Å². The van der Waals surface area contributed by atoms with Gasteiger partial charge < -0.3 is 13.8 Å². The molecule has 7 nitrogen and oxygen atoms in total. The third-order valence-electron chi connectivity index (χ3n) is 4.58. The van der Waals surface area contributed by atoms with E-state index in [1.165, 1.54) is 0 Å². The summed E-state index contributed by atoms with van der Waals surface area (Å²) in [4.78, 5) is 16.6. The highest BCUT2D eigenvalue weighted by molar-refractivity contribution is 6.30. The zero-order valence-electron chi connectivity index (χ0n) is 17.0. The van der Waals surface area contributed by atoms with E-state index in [1.54, 1.807) is 30.3 Å². The summed E-state index contributed by atoms with van der Waals surface area (Å²) in [7, 11) is 0. The first-order chi connectivity index (χ1) is 14.4. The van der Waals surface area contributed by atoms with E-state index in [0.29, 0.717) is 16.4 Å². The Morgan fingerprint density at radius 3 is 2.87 bits per heavy atom. The highest BCUT2D eigenvalue weighted by Gasteiger charge is 2.16. The Kier molecular flexibility index (Phi) is 6.70. The zero-order chi connectivity index (χ0) is 21.7. The number of ether oxygens (including phenoxy) is 1. The maximum absolute atomic E-state index is 12.4. The summed E-state index contributed by atoms with van der Waals surface area (Å²) in [6, 6.07) is 10.9. The third-order valence-corrected chi connectivity index (χ3v) is 4.81. The molecule has 0 atom stereocenters. The largest absolute Gasteiger partial charge is 0.451 e. The Morgan fingerprint density at radius 1 is 1.37 bits per heavy atom. The van der Waals surface area contributed by atoms with Gasteiger partial charge in [-0.15, -0.1) is 0 Å². The van der Waals surface area contributed by atoms with Crippen LogP contribution in [0.1, 0.15) is 36.2 Å². The summed E-state index contributed by atoms with van der Waals surface area (Å²) in [5.41, 5.74) is 3.48. The molecule has 0 saturated heterocycles. The zero-order valence-corrected chi connectivity index (χ0v) is 17.7. The van der Waals surface area contributed by atoms with E-state index in [9.17, 15) is 10.1 Å². The second-order valence-electron chi connectivity index (χ2n) is 6.75. The van der Waals surface area contributed by atoms with Crippen molar-refractivity contribution < 1.29 is 14.1 Å². The van der Waals surface area contributed by atoms with Gasteiger partial charge in [0.25, 0.3) is 5.89 Å². The lowest BCUT2D eigenvalue weighted by atomic mass is 10.1. The third kappa shape index (κ3) is 4.78. The fourth-order valence-electron chi connectivity index (χ4n) is 3.10. The second-order valence-corrected chi connectivity index (χ2v) is 7.18. The van der Waals surface area contributed by atoms with Crippen LogP contribution in [0.25, 0.3) is 17.5 Å². The van der Waals surface area contributed by atoms with Crippen LogP contribution in [0.15, 0.2) is 40.4 Å². The van der Waals surface area contributed by atoms with Gasteiger partial charge in [0.15, 0.2) is 6.61 Å². The highest BCUT2D eigenvalue weighted by Crippen LogP contribution is 2.21. The van der Waals surface area contributed by atoms with Crippen molar-refractivity contribution in [3.8, 4) is 17.5 Å². The lowest BCUT2D eigenvalue weighted by molar-refractivity contribution is -0.140. The van der Waals surface area contributed by atoms with Crippen molar-refractivity contribution in [2.24, 2.45) is 0 Å². The van der Waals surface area contributed by atoms with Gasteiger partial charge in [-0.1, -0.05) is 35.8 Å². The summed E-state index contributed by atoms with van der Waals surface area (Å²) < 4.78 is 12.5. The molecule has 0 aliphatic rings. The van der Waals surface area contributed by atoms with Crippen LogP contribution in [-0.2, 0) is 22.7 Å². The van der Waals surface area contributed by atoms with E-state index >= 15 is 0 Å². The number of halogens is 1. The molecule has 3 rings (SSSR count). The Hall–Kier alpha value is -3.37. The Bertz CT molecular complexity index is 1140. The van der Waals surface area contributed by atoms with E-state index in [2.05, 4.69) is 21.6 Å². The molecule has 0 aliphatic carbocycles. The smallest absolute Gasteiger partial charge is 0.349 e. The molecule has 2 aromatic heterocycles. The molecule has 0 radical (unpaired) electrons. The van der Waals surface area contributed by atoms with E-state index in [-0.39, 0.29) is 18.1 Å². The fraction of sp³-hybridized carbons (Fsp3) is 0.273. The molecular formula is C22H21ClN4O3. The van der Waals surface area contributed by atoms with E-state index in [0.717, 1.165) is 29.9 Å². The number of hydrogen-bond acceptors (Lipinski definition) is 6. The van der Waals surface area contributed by atoms with Gasteiger partial charge in [0.2, 0.25) is 5.82 Å². The van der Waals surface area contributed by atoms with Crippen molar-refractivity contribution in [3.05, 3.63) is 63.8 Å². The van der Waals surface area contributed by atoms with Gasteiger partial charge in [-0.25, -0.2) is 4.79 Å². The summed E-state index contributed by atoms with van der Waals surface area (Å²) in [5.74, 6) is -0.292. The molecule has 0 N–H and O–H groups in total. The molecule has 0 spiro atoms. The first-order valence-electron chi connectivity index (χ1n) is 9.47. The topological polar surface area (TPSA) is 93.9 Å². The molecule has 154 valence electrons. The Labute approximate surface area is 179 Å². The number of rotatable bonds is 7. The Balaban J connectivity index is 1.70. The first kappa shape index (κ1) is 21.3. The van der Waals surface area contributed by atoms with Gasteiger partial charge in [-0.2, -0.15) is 10.2 Å². The number of aryl methyl sites for hydroxylation is 1. The summed E-state index contributed by atoms with van der Waals surface area (Å²) in [6.45, 7) is 6.70. The molecule has 8 heteroatoms. The SMILES string of the molecule is CCCn1c(C)cc(/C=C(\C#N)C(=O)OCc2nc(-c3cccc(Cl)c3)no2)c1C. The van der Waals surface area contributed by atoms with E-state index < -0.39 is 5.97 Å². The van der Waals surface area contributed by atoms with Crippen molar-refractivity contribution in [2.45, 2.75) is 40.3 Å². The van der Waals surface area contributed by atoms with Gasteiger partial charge in [-0.05, 0) is 50.1 Å². The van der Waals surface area contributed by atoms with Crippen LogP contribution in [0.2, 0.25) is 5.02 Å². The molecule has 30 heavy (non-hydrogen) atoms. The number of esters is 1. The Morgan fingerprint density at radius 2 is 2.17 bits per heavy atom. The standard InChI is InChI=1S/C22H21ClN4O3/c1-4-8-27-14(2)9-17(15(27)3)10-18(12-24)22(28)29-13-20-25-21(26-30-20)16-6-5-7-19(23)11-16/h5-7,9-11H,4,8,13H2,1-3H3/b18-10+. The van der Waals surface area contributed by atoms with Crippen molar-refractivity contribution in [3.63, 3.8) is 0 Å². The summed E-state index contributed by atoms with van der Waals surface area (Å²) >= 11 is 5.97. The van der Waals surface area contributed by atoms with Gasteiger partial charge in [0, 0.05) is 28.5 Å². The highest BCUT2D eigenvalue weighted by atomic mass is 35.5. The summed E-state index contributed by atoms with van der Waals surface area (Å²) in [5, 5.41) is 13.8. The molecule has 2 heterocycles. The molecule has 0 aliphatic heterocycles. The molecule has 0 unspecified atom stereocenters. The van der Waals surface area contributed by atoms with Crippen LogP contribution in [-0.4, -0.2) is 20.7 Å². The average Bonchev–Trinajstić information content (AvgIpc) is 3.31. The van der Waals surface area contributed by atoms with Crippen LogP contribution >= 0.6 is 11.6 Å². The number of hydrogen-bond donors (Lipinski definition) is 0. The monoisotopic (exact) mass is 424 g/mol. The van der Waals surface area contributed by atoms with Crippen LogP contribution in [0.4, 0.5) is 0 Å². The number of carbonyl (C=O) groups excluding carboxylic acids is 1. The number of nitriles is 1. The molecule has 0 bridgehead atoms. The minimum Gasteiger partial charge on any atom is -0.451 e. The van der Waals surface area contributed by atoms with Crippen LogP contribution in [0.3, 0.4) is 0 Å². The number of nitrogens with zero attached hydrogens (tertiary/aromatic N) is 4. The van der Waals surface area contributed by atoms with Gasteiger partial charge in [0.1, 0.15) is 11.6 Å². The predicted octanol–water partition coefficient (Wildman–Crippen LogP) is 4.87. The number of carbonyl (C=O) groups is 1. The maximum atomic E-state index is 12.4. The average molecular weight is 425 g/mol. The van der Waals surface area contributed by atoms with Gasteiger partial charge in [-0.3, -0.25) is 0 Å². The van der Waals surface area contributed by atoms with Crippen molar-refractivity contribution in [1.82, 2.24) is 14.7 Å².